The smallest absolute Gasteiger partial charge is 0.145 e. The number of carbonyl (C=O) groups is 1. The summed E-state index contributed by atoms with van der Waals surface area (Å²) in [6.07, 6.45) is 2.28. The molecule has 1 N–H and O–H groups in total. The SMILES string of the molecule is CC(C=O)=Cc1cc(Br)cc(Cl)c1O. The number of phenolic OH excluding ortho intramolecular Hbond substituents is 1. The van der Waals surface area contributed by atoms with Crippen LogP contribution in [0.2, 0.25) is 5.02 Å². The van der Waals surface area contributed by atoms with Gasteiger partial charge in [0, 0.05) is 10.0 Å². The van der Waals surface area contributed by atoms with Crippen molar-refractivity contribution in [3.8, 4) is 5.75 Å². The van der Waals surface area contributed by atoms with E-state index in [-0.39, 0.29) is 10.8 Å². The number of halogens is 2. The molecule has 0 aliphatic rings. The molecule has 0 saturated heterocycles. The van der Waals surface area contributed by atoms with Gasteiger partial charge in [-0.05, 0) is 30.7 Å². The van der Waals surface area contributed by atoms with Crippen LogP contribution in [-0.4, -0.2) is 11.4 Å². The summed E-state index contributed by atoms with van der Waals surface area (Å²) in [5.74, 6) is -0.0175. The van der Waals surface area contributed by atoms with Crippen LogP contribution in [0.15, 0.2) is 22.2 Å². The predicted molar refractivity (Wildman–Crippen MR) is 60.5 cm³/mol. The minimum absolute atomic E-state index is 0.0175. The number of phenols is 1. The van der Waals surface area contributed by atoms with Gasteiger partial charge in [0.25, 0.3) is 0 Å². The highest BCUT2D eigenvalue weighted by atomic mass is 79.9. The lowest BCUT2D eigenvalue weighted by atomic mass is 10.1. The van der Waals surface area contributed by atoms with Gasteiger partial charge in [-0.3, -0.25) is 4.79 Å². The second-order valence-corrected chi connectivity index (χ2v) is 4.15. The summed E-state index contributed by atoms with van der Waals surface area (Å²) < 4.78 is 0.755. The van der Waals surface area contributed by atoms with Gasteiger partial charge < -0.3 is 5.11 Å². The maximum absolute atomic E-state index is 10.4. The zero-order valence-electron chi connectivity index (χ0n) is 7.42. The number of allylic oxidation sites excluding steroid dienone is 1. The summed E-state index contributed by atoms with van der Waals surface area (Å²) in [6, 6.07) is 3.28. The van der Waals surface area contributed by atoms with E-state index in [0.717, 1.165) is 4.47 Å². The van der Waals surface area contributed by atoms with Crippen LogP contribution in [0.25, 0.3) is 6.08 Å². The zero-order chi connectivity index (χ0) is 10.7. The number of aromatic hydroxyl groups is 1. The Morgan fingerprint density at radius 3 is 2.79 bits per heavy atom. The highest BCUT2D eigenvalue weighted by Gasteiger charge is 2.05. The molecule has 0 spiro atoms. The van der Waals surface area contributed by atoms with Crippen molar-refractivity contribution in [3.63, 3.8) is 0 Å². The number of benzene rings is 1. The highest BCUT2D eigenvalue weighted by molar-refractivity contribution is 9.10. The van der Waals surface area contributed by atoms with Crippen LogP contribution in [0.3, 0.4) is 0 Å². The second-order valence-electron chi connectivity index (χ2n) is 2.83. The molecular formula is C10H8BrClO2. The molecular weight excluding hydrogens is 267 g/mol. The van der Waals surface area contributed by atoms with Gasteiger partial charge in [-0.15, -0.1) is 0 Å². The van der Waals surface area contributed by atoms with E-state index in [1.165, 1.54) is 0 Å². The normalized spacial score (nSPS) is 11.5. The molecule has 0 fully saturated rings. The summed E-state index contributed by atoms with van der Waals surface area (Å²) >= 11 is 8.99. The molecule has 14 heavy (non-hydrogen) atoms. The van der Waals surface area contributed by atoms with Gasteiger partial charge in [-0.2, -0.15) is 0 Å². The van der Waals surface area contributed by atoms with Gasteiger partial charge >= 0.3 is 0 Å². The Morgan fingerprint density at radius 1 is 1.57 bits per heavy atom. The van der Waals surface area contributed by atoms with Gasteiger partial charge in [0.05, 0.1) is 5.02 Å². The Kier molecular flexibility index (Phi) is 3.72. The van der Waals surface area contributed by atoms with E-state index < -0.39 is 0 Å². The van der Waals surface area contributed by atoms with E-state index >= 15 is 0 Å². The first-order valence-electron chi connectivity index (χ1n) is 3.86. The van der Waals surface area contributed by atoms with Gasteiger partial charge in [0.15, 0.2) is 0 Å². The minimum Gasteiger partial charge on any atom is -0.506 e. The van der Waals surface area contributed by atoms with Crippen LogP contribution in [-0.2, 0) is 4.79 Å². The van der Waals surface area contributed by atoms with E-state index in [2.05, 4.69) is 15.9 Å². The van der Waals surface area contributed by atoms with Crippen LogP contribution >= 0.6 is 27.5 Å². The Hall–Kier alpha value is -0.800. The van der Waals surface area contributed by atoms with E-state index in [9.17, 15) is 9.90 Å². The molecule has 0 aliphatic heterocycles. The molecule has 1 rings (SSSR count). The Morgan fingerprint density at radius 2 is 2.21 bits per heavy atom. The average Bonchev–Trinajstić information content (AvgIpc) is 2.13. The van der Waals surface area contributed by atoms with Crippen molar-refractivity contribution in [3.05, 3.63) is 32.8 Å². The molecule has 4 heteroatoms. The summed E-state index contributed by atoms with van der Waals surface area (Å²) in [5.41, 5.74) is 1.04. The van der Waals surface area contributed by atoms with Crippen molar-refractivity contribution in [2.75, 3.05) is 0 Å². The van der Waals surface area contributed by atoms with Crippen LogP contribution in [0, 0.1) is 0 Å². The predicted octanol–water partition coefficient (Wildman–Crippen LogP) is 3.41. The average molecular weight is 276 g/mol. The summed E-state index contributed by atoms with van der Waals surface area (Å²) in [6.45, 7) is 1.65. The fraction of sp³-hybridized carbons (Fsp3) is 0.100. The molecule has 0 unspecified atom stereocenters. The Labute approximate surface area is 95.3 Å². The number of aldehydes is 1. The van der Waals surface area contributed by atoms with Gasteiger partial charge in [0.1, 0.15) is 12.0 Å². The van der Waals surface area contributed by atoms with E-state index in [4.69, 9.17) is 11.6 Å². The van der Waals surface area contributed by atoms with Crippen LogP contribution < -0.4 is 0 Å². The summed E-state index contributed by atoms with van der Waals surface area (Å²) in [5, 5.41) is 9.81. The van der Waals surface area contributed by atoms with Crippen molar-refractivity contribution in [2.24, 2.45) is 0 Å². The molecule has 0 amide bonds. The third-order valence-electron chi connectivity index (χ3n) is 1.63. The number of hydrogen-bond acceptors (Lipinski definition) is 2. The number of carbonyl (C=O) groups excluding carboxylic acids is 1. The molecule has 1 aromatic carbocycles. The zero-order valence-corrected chi connectivity index (χ0v) is 9.76. The third kappa shape index (κ3) is 2.59. The topological polar surface area (TPSA) is 37.3 Å². The van der Waals surface area contributed by atoms with Gasteiger partial charge in [-0.1, -0.05) is 27.5 Å². The largest absolute Gasteiger partial charge is 0.506 e. The van der Waals surface area contributed by atoms with Crippen LogP contribution in [0.1, 0.15) is 12.5 Å². The van der Waals surface area contributed by atoms with Crippen LogP contribution in [0.4, 0.5) is 0 Å². The Bertz CT molecular complexity index is 399. The molecule has 0 heterocycles. The van der Waals surface area contributed by atoms with Crippen molar-refractivity contribution >= 4 is 39.9 Å². The van der Waals surface area contributed by atoms with Crippen molar-refractivity contribution in [2.45, 2.75) is 6.92 Å². The molecule has 0 aromatic heterocycles. The molecule has 74 valence electrons. The molecule has 0 bridgehead atoms. The third-order valence-corrected chi connectivity index (χ3v) is 2.37. The second kappa shape index (κ2) is 4.62. The fourth-order valence-corrected chi connectivity index (χ4v) is 1.81. The molecule has 2 nitrogen and oxygen atoms in total. The van der Waals surface area contributed by atoms with E-state index in [1.807, 2.05) is 0 Å². The number of rotatable bonds is 2. The Balaban J connectivity index is 3.27. The first-order valence-corrected chi connectivity index (χ1v) is 5.03. The lowest BCUT2D eigenvalue weighted by molar-refractivity contribution is -0.104. The standard InChI is InChI=1S/C10H8BrClO2/c1-6(5-13)2-7-3-8(11)4-9(12)10(7)14/h2-5,14H,1H3. The maximum atomic E-state index is 10.4. The minimum atomic E-state index is -0.0175. The summed E-state index contributed by atoms with van der Waals surface area (Å²) in [7, 11) is 0. The highest BCUT2D eigenvalue weighted by Crippen LogP contribution is 2.32. The van der Waals surface area contributed by atoms with Gasteiger partial charge in [-0.25, -0.2) is 0 Å². The molecule has 0 radical (unpaired) electrons. The quantitative estimate of drug-likeness (QED) is 0.663. The molecule has 0 saturated carbocycles. The fourth-order valence-electron chi connectivity index (χ4n) is 0.975. The monoisotopic (exact) mass is 274 g/mol. The summed E-state index contributed by atoms with van der Waals surface area (Å²) in [4.78, 5) is 10.4. The lowest BCUT2D eigenvalue weighted by Crippen LogP contribution is -1.81. The van der Waals surface area contributed by atoms with E-state index in [0.29, 0.717) is 17.4 Å². The maximum Gasteiger partial charge on any atom is 0.145 e. The van der Waals surface area contributed by atoms with Crippen molar-refractivity contribution in [1.29, 1.82) is 0 Å². The molecule has 0 atom stereocenters. The van der Waals surface area contributed by atoms with Gasteiger partial charge in [0.2, 0.25) is 0 Å². The lowest BCUT2D eigenvalue weighted by Gasteiger charge is -2.03. The molecule has 1 aromatic rings. The van der Waals surface area contributed by atoms with Crippen LogP contribution in [0.5, 0.6) is 5.75 Å². The first-order chi connectivity index (χ1) is 6.54. The first kappa shape index (κ1) is 11.3. The number of hydrogen-bond donors (Lipinski definition) is 1. The van der Waals surface area contributed by atoms with Crippen molar-refractivity contribution in [1.82, 2.24) is 0 Å². The van der Waals surface area contributed by atoms with E-state index in [1.54, 1.807) is 25.1 Å². The van der Waals surface area contributed by atoms with Crippen molar-refractivity contribution < 1.29 is 9.90 Å². The molecule has 0 aliphatic carbocycles.